The van der Waals surface area contributed by atoms with Gasteiger partial charge >= 0.3 is 0 Å². The Balaban J connectivity index is 1.59. The molecule has 3 aromatic rings. The molecule has 0 spiro atoms. The number of unbranched alkanes of at least 4 members (excludes halogenated alkanes) is 2. The number of hydrogen-bond donors (Lipinski definition) is 1. The maximum absolute atomic E-state index is 14.6. The Morgan fingerprint density at radius 1 is 1.30 bits per heavy atom. The third-order valence-corrected chi connectivity index (χ3v) is 4.93. The largest absolute Gasteiger partial charge is 0.491 e. The number of benzene rings is 2. The van der Waals surface area contributed by atoms with Gasteiger partial charge in [0.2, 0.25) is 0 Å². The van der Waals surface area contributed by atoms with Crippen LogP contribution in [0.25, 0.3) is 10.2 Å². The van der Waals surface area contributed by atoms with E-state index in [0.29, 0.717) is 17.7 Å². The SMILES string of the molecule is C=CCCCCOc1cccc(CNC(=O)c2ccc3ncsc3c2)c1F. The van der Waals surface area contributed by atoms with Crippen LogP contribution in [0.3, 0.4) is 0 Å². The predicted octanol–water partition coefficient (Wildman–Crippen LogP) is 5.10. The van der Waals surface area contributed by atoms with Gasteiger partial charge in [-0.15, -0.1) is 17.9 Å². The van der Waals surface area contributed by atoms with Crippen LogP contribution >= 0.6 is 11.3 Å². The van der Waals surface area contributed by atoms with Gasteiger partial charge < -0.3 is 10.1 Å². The minimum atomic E-state index is -0.431. The van der Waals surface area contributed by atoms with Crippen LogP contribution < -0.4 is 10.1 Å². The summed E-state index contributed by atoms with van der Waals surface area (Å²) >= 11 is 1.48. The molecule has 1 N–H and O–H groups in total. The molecule has 0 fully saturated rings. The summed E-state index contributed by atoms with van der Waals surface area (Å²) in [4.78, 5) is 16.6. The van der Waals surface area contributed by atoms with E-state index in [9.17, 15) is 9.18 Å². The minimum absolute atomic E-state index is 0.0963. The van der Waals surface area contributed by atoms with E-state index in [1.54, 1.807) is 35.8 Å². The van der Waals surface area contributed by atoms with Crippen LogP contribution in [0, 0.1) is 5.82 Å². The van der Waals surface area contributed by atoms with Crippen LogP contribution in [-0.4, -0.2) is 17.5 Å². The minimum Gasteiger partial charge on any atom is -0.491 e. The quantitative estimate of drug-likeness (QED) is 0.412. The molecular weight excluding hydrogens is 363 g/mol. The first-order chi connectivity index (χ1) is 13.2. The van der Waals surface area contributed by atoms with E-state index in [0.717, 1.165) is 29.5 Å². The van der Waals surface area contributed by atoms with Crippen LogP contribution in [0.15, 0.2) is 54.6 Å². The van der Waals surface area contributed by atoms with Gasteiger partial charge in [-0.25, -0.2) is 9.37 Å². The smallest absolute Gasteiger partial charge is 0.251 e. The zero-order valence-electron chi connectivity index (χ0n) is 14.9. The highest BCUT2D eigenvalue weighted by atomic mass is 32.1. The first-order valence-corrected chi connectivity index (χ1v) is 9.69. The van der Waals surface area contributed by atoms with E-state index in [-0.39, 0.29) is 18.2 Å². The normalized spacial score (nSPS) is 10.7. The highest BCUT2D eigenvalue weighted by molar-refractivity contribution is 7.16. The number of nitrogens with zero attached hydrogens (tertiary/aromatic N) is 1. The number of rotatable bonds is 9. The monoisotopic (exact) mass is 384 g/mol. The van der Waals surface area contributed by atoms with Gasteiger partial charge in [-0.3, -0.25) is 4.79 Å². The van der Waals surface area contributed by atoms with E-state index >= 15 is 0 Å². The predicted molar refractivity (Wildman–Crippen MR) is 107 cm³/mol. The standard InChI is InChI=1S/C21H21FN2O2S/c1-2-3-4-5-11-26-18-8-6-7-16(20(18)22)13-23-21(25)15-9-10-17-19(12-15)27-14-24-17/h2,6-10,12,14H,1,3-5,11,13H2,(H,23,25). The van der Waals surface area contributed by atoms with Gasteiger partial charge in [0.1, 0.15) is 0 Å². The van der Waals surface area contributed by atoms with Crippen LogP contribution in [0.4, 0.5) is 4.39 Å². The van der Waals surface area contributed by atoms with Crippen LogP contribution in [0.5, 0.6) is 5.75 Å². The summed E-state index contributed by atoms with van der Waals surface area (Å²) in [6, 6.07) is 10.3. The molecule has 0 aliphatic carbocycles. The fourth-order valence-corrected chi connectivity index (χ4v) is 3.37. The molecule has 3 rings (SSSR count). The molecule has 0 atom stereocenters. The number of hydrogen-bond acceptors (Lipinski definition) is 4. The summed E-state index contributed by atoms with van der Waals surface area (Å²) in [6.07, 6.45) is 4.58. The van der Waals surface area contributed by atoms with Gasteiger partial charge in [-0.2, -0.15) is 0 Å². The third kappa shape index (κ3) is 4.92. The van der Waals surface area contributed by atoms with Crippen molar-refractivity contribution in [1.29, 1.82) is 0 Å². The molecule has 1 aromatic heterocycles. The molecule has 0 saturated heterocycles. The van der Waals surface area contributed by atoms with Crippen molar-refractivity contribution in [3.05, 3.63) is 71.5 Å². The molecule has 6 heteroatoms. The summed E-state index contributed by atoms with van der Waals surface area (Å²) in [6.45, 7) is 4.22. The summed E-state index contributed by atoms with van der Waals surface area (Å²) in [5, 5.41) is 2.76. The number of carbonyl (C=O) groups is 1. The molecule has 1 amide bonds. The van der Waals surface area contributed by atoms with Gasteiger partial charge in [0.15, 0.2) is 11.6 Å². The van der Waals surface area contributed by atoms with Crippen molar-refractivity contribution in [2.75, 3.05) is 6.61 Å². The number of fused-ring (bicyclic) bond motifs is 1. The molecule has 0 unspecified atom stereocenters. The number of allylic oxidation sites excluding steroid dienone is 1. The molecule has 140 valence electrons. The second-order valence-electron chi connectivity index (χ2n) is 6.08. The molecular formula is C21H21FN2O2S. The fourth-order valence-electron chi connectivity index (χ4n) is 2.65. The van der Waals surface area contributed by atoms with E-state index in [4.69, 9.17) is 4.74 Å². The number of amides is 1. The fraction of sp³-hybridized carbons (Fsp3) is 0.238. The molecule has 0 saturated carbocycles. The molecule has 0 aliphatic heterocycles. The Morgan fingerprint density at radius 3 is 3.04 bits per heavy atom. The number of thiazole rings is 1. The average Bonchev–Trinajstić information content (AvgIpc) is 3.15. The van der Waals surface area contributed by atoms with Crippen molar-refractivity contribution >= 4 is 27.5 Å². The van der Waals surface area contributed by atoms with Gasteiger partial charge in [-0.05, 0) is 43.5 Å². The number of ether oxygens (including phenoxy) is 1. The summed E-state index contributed by atoms with van der Waals surface area (Å²) < 4.78 is 21.0. The van der Waals surface area contributed by atoms with Crippen LogP contribution in [0.1, 0.15) is 35.2 Å². The lowest BCUT2D eigenvalue weighted by atomic mass is 10.1. The van der Waals surface area contributed by atoms with Crippen LogP contribution in [0.2, 0.25) is 0 Å². The van der Waals surface area contributed by atoms with Crippen LogP contribution in [-0.2, 0) is 6.54 Å². The zero-order chi connectivity index (χ0) is 19.1. The molecule has 0 aliphatic rings. The highest BCUT2D eigenvalue weighted by Gasteiger charge is 2.12. The lowest BCUT2D eigenvalue weighted by Crippen LogP contribution is -2.23. The molecule has 0 radical (unpaired) electrons. The van der Waals surface area contributed by atoms with Crippen molar-refractivity contribution < 1.29 is 13.9 Å². The third-order valence-electron chi connectivity index (χ3n) is 4.14. The first kappa shape index (κ1) is 19.0. The second kappa shape index (κ2) is 9.28. The van der Waals surface area contributed by atoms with Crippen molar-refractivity contribution in [3.8, 4) is 5.75 Å². The molecule has 1 heterocycles. The van der Waals surface area contributed by atoms with Gasteiger partial charge in [0, 0.05) is 17.7 Å². The summed E-state index contributed by atoms with van der Waals surface area (Å²) in [5.41, 5.74) is 3.53. The molecule has 0 bridgehead atoms. The average molecular weight is 384 g/mol. The molecule has 4 nitrogen and oxygen atoms in total. The van der Waals surface area contributed by atoms with Crippen molar-refractivity contribution in [3.63, 3.8) is 0 Å². The number of nitrogens with one attached hydrogen (secondary N) is 1. The number of aromatic nitrogens is 1. The summed E-state index contributed by atoms with van der Waals surface area (Å²) in [7, 11) is 0. The maximum atomic E-state index is 14.6. The number of carbonyl (C=O) groups excluding carboxylic acids is 1. The number of halogens is 1. The van der Waals surface area contributed by atoms with E-state index in [1.165, 1.54) is 11.3 Å². The van der Waals surface area contributed by atoms with Crippen molar-refractivity contribution in [2.45, 2.75) is 25.8 Å². The van der Waals surface area contributed by atoms with Crippen molar-refractivity contribution in [2.24, 2.45) is 0 Å². The Kier molecular flexibility index (Phi) is 6.54. The van der Waals surface area contributed by atoms with E-state index < -0.39 is 5.82 Å². The topological polar surface area (TPSA) is 51.2 Å². The van der Waals surface area contributed by atoms with E-state index in [2.05, 4.69) is 16.9 Å². The Bertz CT molecular complexity index is 939. The zero-order valence-corrected chi connectivity index (χ0v) is 15.7. The van der Waals surface area contributed by atoms with Gasteiger partial charge in [-0.1, -0.05) is 18.2 Å². The maximum Gasteiger partial charge on any atom is 0.251 e. The van der Waals surface area contributed by atoms with Gasteiger partial charge in [0.25, 0.3) is 5.91 Å². The highest BCUT2D eigenvalue weighted by Crippen LogP contribution is 2.22. The van der Waals surface area contributed by atoms with Crippen molar-refractivity contribution in [1.82, 2.24) is 10.3 Å². The Morgan fingerprint density at radius 2 is 2.19 bits per heavy atom. The lowest BCUT2D eigenvalue weighted by molar-refractivity contribution is 0.0950. The molecule has 2 aromatic carbocycles. The Labute approximate surface area is 161 Å². The Hall–Kier alpha value is -2.73. The molecule has 27 heavy (non-hydrogen) atoms. The van der Waals surface area contributed by atoms with Gasteiger partial charge in [0.05, 0.1) is 22.3 Å². The second-order valence-corrected chi connectivity index (χ2v) is 6.97. The lowest BCUT2D eigenvalue weighted by Gasteiger charge is -2.11. The first-order valence-electron chi connectivity index (χ1n) is 8.81. The summed E-state index contributed by atoms with van der Waals surface area (Å²) in [5.74, 6) is -0.466. The van der Waals surface area contributed by atoms with E-state index in [1.807, 2.05) is 12.1 Å².